The Hall–Kier alpha value is -1.10. The van der Waals surface area contributed by atoms with Crippen LogP contribution in [0, 0.1) is 0 Å². The number of rotatable bonds is 6. The molecule has 0 aliphatic carbocycles. The number of hydrogen-bond donors (Lipinski definition) is 1. The molecule has 1 rings (SSSR count). The summed E-state index contributed by atoms with van der Waals surface area (Å²) in [6, 6.07) is 3.71. The van der Waals surface area contributed by atoms with Gasteiger partial charge >= 0.3 is 0 Å². The summed E-state index contributed by atoms with van der Waals surface area (Å²) in [5, 5.41) is 3.12. The Morgan fingerprint density at radius 3 is 2.94 bits per heavy atom. The van der Waals surface area contributed by atoms with Crippen LogP contribution in [0.1, 0.15) is 13.8 Å². The zero-order valence-electron chi connectivity index (χ0n) is 9.90. The topological polar surface area (TPSA) is 51.2 Å². The maximum absolute atomic E-state index is 10.9. The van der Waals surface area contributed by atoms with E-state index >= 15 is 0 Å². The molecule has 0 aliphatic rings. The summed E-state index contributed by atoms with van der Waals surface area (Å²) < 4.78 is 16.5. The maximum Gasteiger partial charge on any atom is 0.168 e. The third-order valence-corrected chi connectivity index (χ3v) is 2.59. The Labute approximate surface area is 98.9 Å². The van der Waals surface area contributed by atoms with E-state index in [4.69, 9.17) is 4.74 Å². The molecule has 0 fully saturated rings. The molecule has 1 unspecified atom stereocenters. The highest BCUT2D eigenvalue weighted by molar-refractivity contribution is 7.84. The highest BCUT2D eigenvalue weighted by Crippen LogP contribution is 2.21. The Kier molecular flexibility index (Phi) is 5.25. The molecule has 5 heteroatoms. The van der Waals surface area contributed by atoms with Gasteiger partial charge in [0.2, 0.25) is 0 Å². The van der Waals surface area contributed by atoms with Gasteiger partial charge in [-0.15, -0.1) is 0 Å². The van der Waals surface area contributed by atoms with Crippen LogP contribution in [-0.4, -0.2) is 33.9 Å². The van der Waals surface area contributed by atoms with Gasteiger partial charge in [0.25, 0.3) is 0 Å². The average molecular weight is 242 g/mol. The van der Waals surface area contributed by atoms with E-state index in [2.05, 4.69) is 10.3 Å². The van der Waals surface area contributed by atoms with E-state index in [1.807, 2.05) is 26.0 Å². The van der Waals surface area contributed by atoms with Crippen LogP contribution in [0.4, 0.5) is 5.82 Å². The molecule has 0 saturated carbocycles. The molecule has 1 heterocycles. The van der Waals surface area contributed by atoms with Crippen LogP contribution in [0.2, 0.25) is 0 Å². The van der Waals surface area contributed by atoms with Gasteiger partial charge in [0.1, 0.15) is 0 Å². The molecular formula is C11H18N2O2S. The van der Waals surface area contributed by atoms with Crippen LogP contribution in [0.5, 0.6) is 5.75 Å². The van der Waals surface area contributed by atoms with Gasteiger partial charge in [-0.05, 0) is 26.0 Å². The molecule has 0 amide bonds. The van der Waals surface area contributed by atoms with Gasteiger partial charge in [-0.2, -0.15) is 0 Å². The van der Waals surface area contributed by atoms with Gasteiger partial charge in [0.05, 0.1) is 6.10 Å². The molecule has 0 aromatic carbocycles. The van der Waals surface area contributed by atoms with E-state index in [9.17, 15) is 4.21 Å². The van der Waals surface area contributed by atoms with Gasteiger partial charge in [0, 0.05) is 35.5 Å². The van der Waals surface area contributed by atoms with Crippen molar-refractivity contribution in [1.29, 1.82) is 0 Å². The fraction of sp³-hybridized carbons (Fsp3) is 0.545. The highest BCUT2D eigenvalue weighted by Gasteiger charge is 2.05. The molecule has 90 valence electrons. The van der Waals surface area contributed by atoms with Gasteiger partial charge < -0.3 is 10.1 Å². The minimum atomic E-state index is -0.788. The SMILES string of the molecule is CC(C)Oc1cccnc1NCCS(C)=O. The second kappa shape index (κ2) is 6.48. The number of nitrogens with zero attached hydrogens (tertiary/aromatic N) is 1. The number of pyridine rings is 1. The fourth-order valence-electron chi connectivity index (χ4n) is 1.19. The van der Waals surface area contributed by atoms with Gasteiger partial charge in [-0.1, -0.05) is 0 Å². The molecule has 0 aliphatic heterocycles. The van der Waals surface area contributed by atoms with E-state index in [1.165, 1.54) is 0 Å². The molecular weight excluding hydrogens is 224 g/mol. The lowest BCUT2D eigenvalue weighted by Gasteiger charge is -2.13. The van der Waals surface area contributed by atoms with E-state index in [-0.39, 0.29) is 6.10 Å². The number of anilines is 1. The molecule has 16 heavy (non-hydrogen) atoms. The normalized spacial score (nSPS) is 12.5. The van der Waals surface area contributed by atoms with Crippen LogP contribution < -0.4 is 10.1 Å². The molecule has 0 bridgehead atoms. The van der Waals surface area contributed by atoms with E-state index in [1.54, 1.807) is 12.5 Å². The maximum atomic E-state index is 10.9. The molecule has 0 radical (unpaired) electrons. The van der Waals surface area contributed by atoms with Crippen molar-refractivity contribution >= 4 is 16.6 Å². The Balaban J connectivity index is 2.60. The lowest BCUT2D eigenvalue weighted by molar-refractivity contribution is 0.243. The van der Waals surface area contributed by atoms with Crippen molar-refractivity contribution in [2.45, 2.75) is 20.0 Å². The van der Waals surface area contributed by atoms with Gasteiger partial charge in [-0.25, -0.2) is 4.98 Å². The third kappa shape index (κ3) is 4.61. The van der Waals surface area contributed by atoms with Gasteiger partial charge in [-0.3, -0.25) is 4.21 Å². The predicted molar refractivity (Wildman–Crippen MR) is 67.4 cm³/mol. The lowest BCUT2D eigenvalue weighted by atomic mass is 10.4. The van der Waals surface area contributed by atoms with Crippen molar-refractivity contribution in [1.82, 2.24) is 4.98 Å². The number of nitrogens with one attached hydrogen (secondary N) is 1. The van der Waals surface area contributed by atoms with Crippen molar-refractivity contribution in [2.75, 3.05) is 23.9 Å². The standard InChI is InChI=1S/C11H18N2O2S/c1-9(2)15-10-5-4-6-12-11(10)13-7-8-16(3)14/h4-6,9H,7-8H2,1-3H3,(H,12,13). The Morgan fingerprint density at radius 1 is 1.56 bits per heavy atom. The van der Waals surface area contributed by atoms with Crippen LogP contribution in [0.3, 0.4) is 0 Å². The van der Waals surface area contributed by atoms with Crippen molar-refractivity contribution < 1.29 is 8.95 Å². The zero-order chi connectivity index (χ0) is 12.0. The summed E-state index contributed by atoms with van der Waals surface area (Å²) in [4.78, 5) is 4.19. The smallest absolute Gasteiger partial charge is 0.168 e. The van der Waals surface area contributed by atoms with E-state index in [0.29, 0.717) is 18.1 Å². The monoisotopic (exact) mass is 242 g/mol. The Morgan fingerprint density at radius 2 is 2.31 bits per heavy atom. The summed E-state index contributed by atoms with van der Waals surface area (Å²) in [5.41, 5.74) is 0. The summed E-state index contributed by atoms with van der Waals surface area (Å²) in [6.45, 7) is 4.57. The van der Waals surface area contributed by atoms with Crippen molar-refractivity contribution in [3.63, 3.8) is 0 Å². The zero-order valence-corrected chi connectivity index (χ0v) is 10.7. The number of ether oxygens (including phenoxy) is 1. The van der Waals surface area contributed by atoms with Crippen LogP contribution in [0.25, 0.3) is 0 Å². The first kappa shape index (κ1) is 13.0. The predicted octanol–water partition coefficient (Wildman–Crippen LogP) is 1.66. The lowest BCUT2D eigenvalue weighted by Crippen LogP contribution is -2.13. The van der Waals surface area contributed by atoms with Crippen LogP contribution >= 0.6 is 0 Å². The average Bonchev–Trinajstić information content (AvgIpc) is 2.19. The molecule has 1 aromatic heterocycles. The minimum absolute atomic E-state index is 0.116. The summed E-state index contributed by atoms with van der Waals surface area (Å²) in [6.07, 6.45) is 3.51. The summed E-state index contributed by atoms with van der Waals surface area (Å²) in [7, 11) is -0.788. The fourth-order valence-corrected chi connectivity index (χ4v) is 1.58. The molecule has 0 spiro atoms. The minimum Gasteiger partial charge on any atom is -0.487 e. The van der Waals surface area contributed by atoms with Crippen molar-refractivity contribution in [3.05, 3.63) is 18.3 Å². The molecule has 1 atom stereocenters. The van der Waals surface area contributed by atoms with Crippen LogP contribution in [-0.2, 0) is 10.8 Å². The molecule has 1 aromatic rings. The first-order chi connectivity index (χ1) is 7.59. The summed E-state index contributed by atoms with van der Waals surface area (Å²) >= 11 is 0. The van der Waals surface area contributed by atoms with Crippen LogP contribution in [0.15, 0.2) is 18.3 Å². The largest absolute Gasteiger partial charge is 0.487 e. The van der Waals surface area contributed by atoms with E-state index in [0.717, 1.165) is 5.75 Å². The molecule has 1 N–H and O–H groups in total. The Bertz CT molecular complexity index is 356. The highest BCUT2D eigenvalue weighted by atomic mass is 32.2. The third-order valence-electron chi connectivity index (χ3n) is 1.82. The van der Waals surface area contributed by atoms with Crippen molar-refractivity contribution in [3.8, 4) is 5.75 Å². The quantitative estimate of drug-likeness (QED) is 0.824. The first-order valence-electron chi connectivity index (χ1n) is 5.25. The second-order valence-electron chi connectivity index (χ2n) is 3.72. The second-order valence-corrected chi connectivity index (χ2v) is 5.28. The van der Waals surface area contributed by atoms with E-state index < -0.39 is 10.8 Å². The number of aromatic nitrogens is 1. The summed E-state index contributed by atoms with van der Waals surface area (Å²) in [5.74, 6) is 2.05. The van der Waals surface area contributed by atoms with Crippen molar-refractivity contribution in [2.24, 2.45) is 0 Å². The number of hydrogen-bond acceptors (Lipinski definition) is 4. The molecule has 0 saturated heterocycles. The van der Waals surface area contributed by atoms with Gasteiger partial charge in [0.15, 0.2) is 11.6 Å². The molecule has 4 nitrogen and oxygen atoms in total. The first-order valence-corrected chi connectivity index (χ1v) is 6.98.